The van der Waals surface area contributed by atoms with Crippen molar-refractivity contribution in [3.63, 3.8) is 0 Å². The molecule has 1 aliphatic rings. The van der Waals surface area contributed by atoms with Gasteiger partial charge in [0.2, 0.25) is 0 Å². The van der Waals surface area contributed by atoms with Crippen LogP contribution in [-0.4, -0.2) is 48.7 Å². The minimum atomic E-state index is -0.763. The molecule has 0 radical (unpaired) electrons. The Labute approximate surface area is 144 Å². The third kappa shape index (κ3) is 3.44. The van der Waals surface area contributed by atoms with E-state index in [2.05, 4.69) is 10.1 Å². The van der Waals surface area contributed by atoms with Crippen LogP contribution < -0.4 is 5.32 Å². The fourth-order valence-electron chi connectivity index (χ4n) is 2.12. The van der Waals surface area contributed by atoms with Crippen molar-refractivity contribution in [1.29, 1.82) is 0 Å². The molecular formula is C14H13F2IN2O4. The van der Waals surface area contributed by atoms with Gasteiger partial charge in [0.1, 0.15) is 17.3 Å². The first kappa shape index (κ1) is 17.6. The number of hydrogen-bond acceptors (Lipinski definition) is 5. The molecule has 1 amide bonds. The number of esters is 1. The molecule has 23 heavy (non-hydrogen) atoms. The molecule has 9 heteroatoms. The lowest BCUT2D eigenvalue weighted by molar-refractivity contribution is -0.136. The first-order chi connectivity index (χ1) is 10.9. The number of hydrogen-bond donors (Lipinski definition) is 2. The highest BCUT2D eigenvalue weighted by atomic mass is 127. The zero-order valence-corrected chi connectivity index (χ0v) is 14.2. The van der Waals surface area contributed by atoms with Crippen molar-refractivity contribution < 1.29 is 28.2 Å². The Hall–Kier alpha value is -1.75. The second-order valence-corrected chi connectivity index (χ2v) is 5.72. The summed E-state index contributed by atoms with van der Waals surface area (Å²) in [5.74, 6) is -2.78. The molecule has 1 aliphatic heterocycles. The van der Waals surface area contributed by atoms with E-state index in [9.17, 15) is 18.4 Å². The second kappa shape index (κ2) is 7.21. The summed E-state index contributed by atoms with van der Waals surface area (Å²) in [7, 11) is 1.15. The Kier molecular flexibility index (Phi) is 5.52. The van der Waals surface area contributed by atoms with Gasteiger partial charge in [-0.2, -0.15) is 0 Å². The summed E-state index contributed by atoms with van der Waals surface area (Å²) in [5, 5.41) is 11.5. The molecular weight excluding hydrogens is 425 g/mol. The lowest BCUT2D eigenvalue weighted by Gasteiger charge is -2.15. The van der Waals surface area contributed by atoms with E-state index in [4.69, 9.17) is 5.11 Å². The minimum Gasteiger partial charge on any atom is -0.466 e. The number of aliphatic hydroxyl groups is 1. The van der Waals surface area contributed by atoms with Gasteiger partial charge < -0.3 is 20.1 Å². The van der Waals surface area contributed by atoms with Crippen molar-refractivity contribution in [1.82, 2.24) is 4.90 Å². The highest BCUT2D eigenvalue weighted by molar-refractivity contribution is 14.1. The van der Waals surface area contributed by atoms with Crippen LogP contribution in [0.2, 0.25) is 0 Å². The predicted molar refractivity (Wildman–Crippen MR) is 85.4 cm³/mol. The lowest BCUT2D eigenvalue weighted by Crippen LogP contribution is -2.31. The van der Waals surface area contributed by atoms with E-state index in [0.29, 0.717) is 0 Å². The maximum Gasteiger partial charge on any atom is 0.337 e. The molecule has 0 unspecified atom stereocenters. The zero-order chi connectivity index (χ0) is 17.1. The summed E-state index contributed by atoms with van der Waals surface area (Å²) >= 11 is 1.60. The number of rotatable bonds is 5. The third-order valence-electron chi connectivity index (χ3n) is 3.25. The maximum atomic E-state index is 13.9. The molecule has 124 valence electrons. The molecule has 0 atom stereocenters. The van der Waals surface area contributed by atoms with Crippen molar-refractivity contribution in [2.75, 3.05) is 32.1 Å². The molecule has 0 bridgehead atoms. The van der Waals surface area contributed by atoms with E-state index in [1.54, 1.807) is 22.6 Å². The number of nitrogens with one attached hydrogen (secondary N) is 1. The SMILES string of the molecule is COC(=O)C1=C(Nc2c(F)ccc(F)c2I)C(=O)N(CCO)C1. The number of carbonyl (C=O) groups excluding carboxylic acids is 2. The number of carbonyl (C=O) groups is 2. The first-order valence-electron chi connectivity index (χ1n) is 6.52. The summed E-state index contributed by atoms with van der Waals surface area (Å²) in [6.07, 6.45) is 0. The largest absolute Gasteiger partial charge is 0.466 e. The number of halogens is 3. The van der Waals surface area contributed by atoms with Crippen LogP contribution in [0.15, 0.2) is 23.4 Å². The molecule has 2 N–H and O–H groups in total. The summed E-state index contributed by atoms with van der Waals surface area (Å²) in [6.45, 7) is -0.367. The van der Waals surface area contributed by atoms with Crippen LogP contribution >= 0.6 is 22.6 Å². The Morgan fingerprint density at radius 3 is 2.70 bits per heavy atom. The van der Waals surface area contributed by atoms with Gasteiger partial charge in [0.15, 0.2) is 0 Å². The highest BCUT2D eigenvalue weighted by Crippen LogP contribution is 2.29. The Morgan fingerprint density at radius 2 is 2.09 bits per heavy atom. The molecule has 0 aliphatic carbocycles. The number of amides is 1. The van der Waals surface area contributed by atoms with Gasteiger partial charge in [0.25, 0.3) is 5.91 Å². The fraction of sp³-hybridized carbons (Fsp3) is 0.286. The van der Waals surface area contributed by atoms with Gasteiger partial charge in [0.05, 0.1) is 35.1 Å². The van der Waals surface area contributed by atoms with Gasteiger partial charge in [-0.25, -0.2) is 13.6 Å². The quantitative estimate of drug-likeness (QED) is 0.411. The number of nitrogens with zero attached hydrogens (tertiary/aromatic N) is 1. The van der Waals surface area contributed by atoms with E-state index in [0.717, 1.165) is 19.2 Å². The number of benzene rings is 1. The zero-order valence-electron chi connectivity index (χ0n) is 12.0. The van der Waals surface area contributed by atoms with Crippen molar-refractivity contribution >= 4 is 40.2 Å². The van der Waals surface area contributed by atoms with Crippen LogP contribution in [0, 0.1) is 15.2 Å². The smallest absolute Gasteiger partial charge is 0.337 e. The standard InChI is InChI=1S/C14H13F2IN2O4/c1-23-14(22)7-6-19(4-5-20)13(21)11(7)18-12-9(16)3-2-8(15)10(12)17/h2-3,18,20H,4-6H2,1H3. The van der Waals surface area contributed by atoms with Crippen LogP contribution in [0.3, 0.4) is 0 Å². The van der Waals surface area contributed by atoms with Gasteiger partial charge in [-0.15, -0.1) is 0 Å². The number of methoxy groups -OCH3 is 1. The van der Waals surface area contributed by atoms with Gasteiger partial charge >= 0.3 is 5.97 Å². The first-order valence-corrected chi connectivity index (χ1v) is 7.60. The molecule has 0 saturated heterocycles. The molecule has 2 rings (SSSR count). The van der Waals surface area contributed by atoms with Gasteiger partial charge in [-0.1, -0.05) is 0 Å². The molecule has 0 fully saturated rings. The van der Waals surface area contributed by atoms with Crippen molar-refractivity contribution in [3.05, 3.63) is 38.6 Å². The van der Waals surface area contributed by atoms with E-state index in [1.807, 2.05) is 0 Å². The van der Waals surface area contributed by atoms with Gasteiger partial charge in [-0.3, -0.25) is 4.79 Å². The van der Waals surface area contributed by atoms with Crippen molar-refractivity contribution in [2.24, 2.45) is 0 Å². The monoisotopic (exact) mass is 438 g/mol. The fourth-order valence-corrected chi connectivity index (χ4v) is 2.69. The average molecular weight is 438 g/mol. The van der Waals surface area contributed by atoms with Crippen LogP contribution in [0.4, 0.5) is 14.5 Å². The van der Waals surface area contributed by atoms with Crippen molar-refractivity contribution in [3.8, 4) is 0 Å². The van der Waals surface area contributed by atoms with Crippen LogP contribution in [0.1, 0.15) is 0 Å². The Bertz CT molecular complexity index is 694. The van der Waals surface area contributed by atoms with Gasteiger partial charge in [0, 0.05) is 6.54 Å². The van der Waals surface area contributed by atoms with Crippen LogP contribution in [0.25, 0.3) is 0 Å². The number of anilines is 1. The maximum absolute atomic E-state index is 13.9. The lowest BCUT2D eigenvalue weighted by atomic mass is 10.2. The Balaban J connectivity index is 2.43. The normalized spacial score (nSPS) is 14.5. The predicted octanol–water partition coefficient (Wildman–Crippen LogP) is 1.24. The van der Waals surface area contributed by atoms with Crippen LogP contribution in [-0.2, 0) is 14.3 Å². The summed E-state index contributed by atoms with van der Waals surface area (Å²) in [6, 6.07) is 1.88. The summed E-state index contributed by atoms with van der Waals surface area (Å²) in [5.41, 5.74) is -0.431. The van der Waals surface area contributed by atoms with Gasteiger partial charge in [-0.05, 0) is 34.7 Å². The van der Waals surface area contributed by atoms with Crippen LogP contribution in [0.5, 0.6) is 0 Å². The number of ether oxygens (including phenoxy) is 1. The summed E-state index contributed by atoms with van der Waals surface area (Å²) in [4.78, 5) is 25.3. The topological polar surface area (TPSA) is 78.9 Å². The van der Waals surface area contributed by atoms with E-state index >= 15 is 0 Å². The molecule has 0 saturated carbocycles. The van der Waals surface area contributed by atoms with E-state index in [-0.39, 0.29) is 40.2 Å². The molecule has 6 nitrogen and oxygen atoms in total. The second-order valence-electron chi connectivity index (χ2n) is 4.64. The van der Waals surface area contributed by atoms with E-state index in [1.165, 1.54) is 4.90 Å². The molecule has 0 spiro atoms. The number of aliphatic hydroxyl groups excluding tert-OH is 1. The third-order valence-corrected chi connectivity index (χ3v) is 4.30. The molecule has 1 heterocycles. The molecule has 1 aromatic carbocycles. The molecule has 1 aromatic rings. The Morgan fingerprint density at radius 1 is 1.43 bits per heavy atom. The summed E-state index contributed by atoms with van der Waals surface area (Å²) < 4.78 is 32.1. The minimum absolute atomic E-state index is 0.00718. The molecule has 0 aromatic heterocycles. The van der Waals surface area contributed by atoms with E-state index < -0.39 is 23.5 Å². The highest BCUT2D eigenvalue weighted by Gasteiger charge is 2.35. The average Bonchev–Trinajstić information content (AvgIpc) is 2.84. The number of β-amino-alcohol motifs (C(OH)–C–C–N with tert-alkyl or cyclic N) is 1. The van der Waals surface area contributed by atoms with Crippen molar-refractivity contribution in [2.45, 2.75) is 0 Å².